The highest BCUT2D eigenvalue weighted by Gasteiger charge is 2.03. The molecular formula is C14H12N4. The van der Waals surface area contributed by atoms with E-state index >= 15 is 0 Å². The SMILES string of the molecule is CNc1cc(-c2cnc3ccccc3c2)ncn1. The van der Waals surface area contributed by atoms with Crippen molar-refractivity contribution >= 4 is 16.7 Å². The van der Waals surface area contributed by atoms with Crippen molar-refractivity contribution in [1.82, 2.24) is 15.0 Å². The van der Waals surface area contributed by atoms with Crippen LogP contribution in [0.4, 0.5) is 5.82 Å². The molecule has 0 radical (unpaired) electrons. The zero-order valence-corrected chi connectivity index (χ0v) is 9.96. The maximum absolute atomic E-state index is 4.43. The molecule has 4 nitrogen and oxygen atoms in total. The van der Waals surface area contributed by atoms with Crippen LogP contribution in [0.1, 0.15) is 0 Å². The first-order chi connectivity index (χ1) is 8.86. The Kier molecular flexibility index (Phi) is 2.61. The van der Waals surface area contributed by atoms with Gasteiger partial charge in [0.15, 0.2) is 0 Å². The molecule has 2 heterocycles. The highest BCUT2D eigenvalue weighted by molar-refractivity contribution is 5.82. The molecule has 88 valence electrons. The van der Waals surface area contributed by atoms with Crippen molar-refractivity contribution in [1.29, 1.82) is 0 Å². The molecule has 1 N–H and O–H groups in total. The summed E-state index contributed by atoms with van der Waals surface area (Å²) in [5, 5.41) is 4.11. The van der Waals surface area contributed by atoms with Gasteiger partial charge in [0.25, 0.3) is 0 Å². The topological polar surface area (TPSA) is 50.7 Å². The first kappa shape index (κ1) is 10.7. The Bertz CT molecular complexity index is 694. The third-order valence-electron chi connectivity index (χ3n) is 2.81. The van der Waals surface area contributed by atoms with Crippen molar-refractivity contribution in [3.63, 3.8) is 0 Å². The van der Waals surface area contributed by atoms with Gasteiger partial charge in [0.2, 0.25) is 0 Å². The molecule has 4 heteroatoms. The minimum atomic E-state index is 0.799. The summed E-state index contributed by atoms with van der Waals surface area (Å²) in [5.74, 6) is 0.799. The molecule has 0 fully saturated rings. The van der Waals surface area contributed by atoms with Gasteiger partial charge in [0.1, 0.15) is 12.1 Å². The quantitative estimate of drug-likeness (QED) is 0.743. The number of rotatable bonds is 2. The van der Waals surface area contributed by atoms with Gasteiger partial charge < -0.3 is 5.32 Å². The highest BCUT2D eigenvalue weighted by atomic mass is 15.0. The zero-order chi connectivity index (χ0) is 12.4. The Morgan fingerprint density at radius 1 is 1.00 bits per heavy atom. The molecule has 0 saturated carbocycles. The standard InChI is InChI=1S/C14H12N4/c1-15-14-7-13(17-9-18-14)11-6-10-4-2-3-5-12(10)16-8-11/h2-9H,1H3,(H,15,17,18). The number of hydrogen-bond donors (Lipinski definition) is 1. The number of anilines is 1. The van der Waals surface area contributed by atoms with E-state index in [0.717, 1.165) is 28.0 Å². The molecule has 18 heavy (non-hydrogen) atoms. The predicted molar refractivity (Wildman–Crippen MR) is 72.3 cm³/mol. The molecule has 1 aromatic carbocycles. The summed E-state index contributed by atoms with van der Waals surface area (Å²) in [4.78, 5) is 12.8. The van der Waals surface area contributed by atoms with E-state index in [2.05, 4.69) is 26.3 Å². The minimum absolute atomic E-state index is 0.799. The monoisotopic (exact) mass is 236 g/mol. The molecule has 0 amide bonds. The molecule has 0 bridgehead atoms. The van der Waals surface area contributed by atoms with Gasteiger partial charge in [-0.05, 0) is 12.1 Å². The molecular weight excluding hydrogens is 224 g/mol. The van der Waals surface area contributed by atoms with Gasteiger partial charge in [-0.2, -0.15) is 0 Å². The number of nitrogens with one attached hydrogen (secondary N) is 1. The molecule has 0 aliphatic heterocycles. The van der Waals surface area contributed by atoms with Gasteiger partial charge in [-0.3, -0.25) is 4.98 Å². The van der Waals surface area contributed by atoms with Crippen molar-refractivity contribution in [3.05, 3.63) is 48.9 Å². The van der Waals surface area contributed by atoms with Crippen LogP contribution in [0.25, 0.3) is 22.2 Å². The van der Waals surface area contributed by atoms with Crippen LogP contribution in [0.15, 0.2) is 48.9 Å². The fraction of sp³-hybridized carbons (Fsp3) is 0.0714. The Balaban J connectivity index is 2.13. The van der Waals surface area contributed by atoms with E-state index in [-0.39, 0.29) is 0 Å². The molecule has 0 unspecified atom stereocenters. The number of para-hydroxylation sites is 1. The predicted octanol–water partition coefficient (Wildman–Crippen LogP) is 2.73. The van der Waals surface area contributed by atoms with E-state index in [4.69, 9.17) is 0 Å². The summed E-state index contributed by atoms with van der Waals surface area (Å²) in [5.41, 5.74) is 2.85. The van der Waals surface area contributed by atoms with Gasteiger partial charge in [-0.15, -0.1) is 0 Å². The second-order valence-electron chi connectivity index (χ2n) is 3.96. The van der Waals surface area contributed by atoms with Gasteiger partial charge in [0.05, 0.1) is 11.2 Å². The number of nitrogens with zero attached hydrogens (tertiary/aromatic N) is 3. The van der Waals surface area contributed by atoms with E-state index in [9.17, 15) is 0 Å². The molecule has 3 aromatic rings. The van der Waals surface area contributed by atoms with Crippen LogP contribution in [-0.4, -0.2) is 22.0 Å². The summed E-state index contributed by atoms with van der Waals surface area (Å²) in [6.45, 7) is 0. The Morgan fingerprint density at radius 3 is 2.78 bits per heavy atom. The molecule has 0 aliphatic rings. The second-order valence-corrected chi connectivity index (χ2v) is 3.96. The average molecular weight is 236 g/mol. The molecule has 2 aromatic heterocycles. The summed E-state index contributed by atoms with van der Waals surface area (Å²) >= 11 is 0. The lowest BCUT2D eigenvalue weighted by Gasteiger charge is -2.04. The van der Waals surface area contributed by atoms with Crippen molar-refractivity contribution in [2.45, 2.75) is 0 Å². The number of aromatic nitrogens is 3. The normalized spacial score (nSPS) is 10.5. The van der Waals surface area contributed by atoms with E-state index in [1.807, 2.05) is 43.6 Å². The van der Waals surface area contributed by atoms with Crippen molar-refractivity contribution in [2.24, 2.45) is 0 Å². The fourth-order valence-electron chi connectivity index (χ4n) is 1.86. The van der Waals surface area contributed by atoms with Crippen LogP contribution >= 0.6 is 0 Å². The molecule has 0 saturated heterocycles. The van der Waals surface area contributed by atoms with Crippen LogP contribution in [0.5, 0.6) is 0 Å². The third-order valence-corrected chi connectivity index (χ3v) is 2.81. The number of pyridine rings is 1. The maximum Gasteiger partial charge on any atom is 0.129 e. The Morgan fingerprint density at radius 2 is 1.89 bits per heavy atom. The summed E-state index contributed by atoms with van der Waals surface area (Å²) < 4.78 is 0. The minimum Gasteiger partial charge on any atom is -0.373 e. The van der Waals surface area contributed by atoms with Crippen molar-refractivity contribution in [3.8, 4) is 11.3 Å². The summed E-state index contributed by atoms with van der Waals surface area (Å²) in [6.07, 6.45) is 3.39. The van der Waals surface area contributed by atoms with Gasteiger partial charge in [0, 0.05) is 30.3 Å². The highest BCUT2D eigenvalue weighted by Crippen LogP contribution is 2.21. The van der Waals surface area contributed by atoms with E-state index in [0.29, 0.717) is 0 Å². The van der Waals surface area contributed by atoms with Crippen LogP contribution in [-0.2, 0) is 0 Å². The number of benzene rings is 1. The third kappa shape index (κ3) is 1.88. The van der Waals surface area contributed by atoms with Crippen LogP contribution < -0.4 is 5.32 Å². The lowest BCUT2D eigenvalue weighted by molar-refractivity contribution is 1.16. The fourth-order valence-corrected chi connectivity index (χ4v) is 1.86. The van der Waals surface area contributed by atoms with Crippen LogP contribution in [0.3, 0.4) is 0 Å². The van der Waals surface area contributed by atoms with Gasteiger partial charge in [-0.1, -0.05) is 18.2 Å². The van der Waals surface area contributed by atoms with Crippen LogP contribution in [0.2, 0.25) is 0 Å². The van der Waals surface area contributed by atoms with Crippen molar-refractivity contribution < 1.29 is 0 Å². The second kappa shape index (κ2) is 4.41. The van der Waals surface area contributed by atoms with Gasteiger partial charge >= 0.3 is 0 Å². The Labute approximate surface area is 105 Å². The largest absolute Gasteiger partial charge is 0.373 e. The lowest BCUT2D eigenvalue weighted by atomic mass is 10.1. The lowest BCUT2D eigenvalue weighted by Crippen LogP contribution is -1.94. The van der Waals surface area contributed by atoms with Crippen molar-refractivity contribution in [2.75, 3.05) is 12.4 Å². The summed E-state index contributed by atoms with van der Waals surface area (Å²) in [6, 6.07) is 12.0. The molecule has 3 rings (SSSR count). The first-order valence-corrected chi connectivity index (χ1v) is 5.72. The molecule has 0 spiro atoms. The van der Waals surface area contributed by atoms with E-state index in [1.54, 1.807) is 6.33 Å². The molecule has 0 aliphatic carbocycles. The first-order valence-electron chi connectivity index (χ1n) is 5.72. The molecule has 0 atom stereocenters. The maximum atomic E-state index is 4.43. The van der Waals surface area contributed by atoms with Gasteiger partial charge in [-0.25, -0.2) is 9.97 Å². The zero-order valence-electron chi connectivity index (χ0n) is 9.96. The average Bonchev–Trinajstić information content (AvgIpc) is 2.47. The van der Waals surface area contributed by atoms with E-state index < -0.39 is 0 Å². The van der Waals surface area contributed by atoms with E-state index in [1.165, 1.54) is 0 Å². The summed E-state index contributed by atoms with van der Waals surface area (Å²) in [7, 11) is 1.84. The number of fused-ring (bicyclic) bond motifs is 1. The smallest absolute Gasteiger partial charge is 0.129 e. The number of hydrogen-bond acceptors (Lipinski definition) is 4. The Hall–Kier alpha value is -2.49. The van der Waals surface area contributed by atoms with Crippen LogP contribution in [0, 0.1) is 0 Å².